The summed E-state index contributed by atoms with van der Waals surface area (Å²) < 4.78 is 5.89. The summed E-state index contributed by atoms with van der Waals surface area (Å²) in [6.07, 6.45) is 32.6. The number of aliphatic carboxylic acids is 1. The number of carboxylic acids is 1. The van der Waals surface area contributed by atoms with Gasteiger partial charge in [-0.05, 0) is 64.0 Å². The molecule has 4 N–H and O–H groups in total. The van der Waals surface area contributed by atoms with Gasteiger partial charge in [-0.1, -0.05) is 129 Å². The van der Waals surface area contributed by atoms with E-state index in [1.165, 1.54) is 96.3 Å². The average molecular weight is 623 g/mol. The number of ether oxygens (including phenoxy) is 1. The van der Waals surface area contributed by atoms with E-state index in [-0.39, 0.29) is 18.0 Å². The number of carbonyl (C=O) groups is 3. The van der Waals surface area contributed by atoms with Crippen molar-refractivity contribution in [2.24, 2.45) is 5.73 Å². The van der Waals surface area contributed by atoms with E-state index in [0.717, 1.165) is 44.9 Å². The van der Waals surface area contributed by atoms with Gasteiger partial charge in [0.15, 0.2) is 0 Å². The summed E-state index contributed by atoms with van der Waals surface area (Å²) in [7, 11) is 0. The topological polar surface area (TPSA) is 119 Å². The molecule has 0 saturated heterocycles. The lowest BCUT2D eigenvalue weighted by Gasteiger charge is -2.15. The van der Waals surface area contributed by atoms with Gasteiger partial charge < -0.3 is 20.9 Å². The largest absolute Gasteiger partial charge is 0.480 e. The van der Waals surface area contributed by atoms with Crippen molar-refractivity contribution in [3.8, 4) is 0 Å². The van der Waals surface area contributed by atoms with E-state index in [1.54, 1.807) is 0 Å². The van der Waals surface area contributed by atoms with Crippen LogP contribution in [0.25, 0.3) is 0 Å². The van der Waals surface area contributed by atoms with E-state index >= 15 is 0 Å². The Morgan fingerprint density at radius 1 is 0.659 bits per heavy atom. The molecule has 0 aliphatic carbocycles. The number of hydrogen-bond acceptors (Lipinski definition) is 5. The monoisotopic (exact) mass is 623 g/mol. The van der Waals surface area contributed by atoms with Crippen LogP contribution in [0.3, 0.4) is 0 Å². The highest BCUT2D eigenvalue weighted by Gasteiger charge is 2.19. The third-order valence-electron chi connectivity index (χ3n) is 8.32. The Morgan fingerprint density at radius 3 is 1.70 bits per heavy atom. The van der Waals surface area contributed by atoms with Crippen molar-refractivity contribution in [1.82, 2.24) is 5.32 Å². The van der Waals surface area contributed by atoms with Crippen LogP contribution in [0.1, 0.15) is 187 Å². The van der Waals surface area contributed by atoms with E-state index < -0.39 is 12.0 Å². The summed E-state index contributed by atoms with van der Waals surface area (Å²) in [4.78, 5) is 36.1. The quantitative estimate of drug-likeness (QED) is 0.0381. The fourth-order valence-corrected chi connectivity index (χ4v) is 5.48. The Hall–Kier alpha value is -1.89. The van der Waals surface area contributed by atoms with Gasteiger partial charge in [0.2, 0.25) is 5.91 Å². The number of amides is 1. The van der Waals surface area contributed by atoms with E-state index in [2.05, 4.69) is 31.3 Å². The zero-order valence-corrected chi connectivity index (χ0v) is 28.8. The molecule has 258 valence electrons. The second-order valence-corrected chi connectivity index (χ2v) is 12.6. The molecule has 44 heavy (non-hydrogen) atoms. The standard InChI is InChI=1S/C37H70N2O5/c1-3-5-7-9-11-13-15-17-19-25-31-36(41)44-33(27-22-18-16-14-12-10-8-6-4-2)28-23-20-21-24-30-35(40)39-34(37(42)43)29-26-32-38/h22,27,33-34H,3-21,23-26,28-32,38H2,1-2H3,(H,39,40)(H,42,43)/b27-22-. The molecule has 0 aromatic rings. The minimum absolute atomic E-state index is 0.0885. The van der Waals surface area contributed by atoms with Gasteiger partial charge >= 0.3 is 11.9 Å². The highest BCUT2D eigenvalue weighted by Crippen LogP contribution is 2.16. The summed E-state index contributed by atoms with van der Waals surface area (Å²) in [5.74, 6) is -1.32. The van der Waals surface area contributed by atoms with Crippen LogP contribution in [0, 0.1) is 0 Å². The van der Waals surface area contributed by atoms with Crippen LogP contribution in [-0.2, 0) is 19.1 Å². The van der Waals surface area contributed by atoms with Gasteiger partial charge in [0.05, 0.1) is 0 Å². The van der Waals surface area contributed by atoms with Crippen molar-refractivity contribution in [3.63, 3.8) is 0 Å². The first kappa shape index (κ1) is 42.1. The molecule has 0 radical (unpaired) electrons. The zero-order chi connectivity index (χ0) is 32.5. The number of nitrogens with two attached hydrogens (primary N) is 1. The second kappa shape index (κ2) is 32.5. The molecule has 0 heterocycles. The van der Waals surface area contributed by atoms with Crippen LogP contribution >= 0.6 is 0 Å². The maximum Gasteiger partial charge on any atom is 0.326 e. The molecule has 0 spiro atoms. The Morgan fingerprint density at radius 2 is 1.16 bits per heavy atom. The molecular weight excluding hydrogens is 552 g/mol. The summed E-state index contributed by atoms with van der Waals surface area (Å²) >= 11 is 0. The van der Waals surface area contributed by atoms with E-state index in [9.17, 15) is 19.5 Å². The average Bonchev–Trinajstić information content (AvgIpc) is 3.00. The minimum Gasteiger partial charge on any atom is -0.480 e. The number of nitrogens with one attached hydrogen (secondary N) is 1. The number of allylic oxidation sites excluding steroid dienone is 1. The van der Waals surface area contributed by atoms with E-state index in [4.69, 9.17) is 10.5 Å². The Labute approximate surface area is 270 Å². The molecule has 0 aliphatic heterocycles. The summed E-state index contributed by atoms with van der Waals surface area (Å²) in [6, 6.07) is -0.866. The summed E-state index contributed by atoms with van der Waals surface area (Å²) in [5, 5.41) is 11.9. The van der Waals surface area contributed by atoms with Crippen LogP contribution in [0.4, 0.5) is 0 Å². The molecule has 0 fully saturated rings. The number of carboxylic acid groups (broad SMARTS) is 1. The first-order valence-electron chi connectivity index (χ1n) is 18.5. The SMILES string of the molecule is CCCCCCCCC/C=C\C(CCCCCCC(=O)NC(CCCN)C(=O)O)OC(=O)CCCCCCCCCCCC. The van der Waals surface area contributed by atoms with Gasteiger partial charge in [0.1, 0.15) is 12.1 Å². The van der Waals surface area contributed by atoms with Gasteiger partial charge in [-0.3, -0.25) is 9.59 Å². The first-order chi connectivity index (χ1) is 21.4. The molecule has 0 rings (SSSR count). The highest BCUT2D eigenvalue weighted by atomic mass is 16.5. The summed E-state index contributed by atoms with van der Waals surface area (Å²) in [6.45, 7) is 4.90. The maximum absolute atomic E-state index is 12.6. The van der Waals surface area contributed by atoms with Gasteiger partial charge in [0.25, 0.3) is 0 Å². The highest BCUT2D eigenvalue weighted by molar-refractivity contribution is 5.83. The molecule has 0 aliphatic rings. The number of rotatable bonds is 33. The van der Waals surface area contributed by atoms with E-state index in [1.807, 2.05) is 0 Å². The smallest absolute Gasteiger partial charge is 0.326 e. The minimum atomic E-state index is -1.01. The lowest BCUT2D eigenvalue weighted by atomic mass is 10.0. The zero-order valence-electron chi connectivity index (χ0n) is 28.8. The molecule has 0 aromatic heterocycles. The molecule has 7 heteroatoms. The van der Waals surface area contributed by atoms with Crippen molar-refractivity contribution in [1.29, 1.82) is 0 Å². The second-order valence-electron chi connectivity index (χ2n) is 12.6. The van der Waals surface area contributed by atoms with Crippen molar-refractivity contribution in [3.05, 3.63) is 12.2 Å². The van der Waals surface area contributed by atoms with Crippen molar-refractivity contribution >= 4 is 17.8 Å². The predicted molar refractivity (Wildman–Crippen MR) is 184 cm³/mol. The predicted octanol–water partition coefficient (Wildman–Crippen LogP) is 9.55. The molecular formula is C37H70N2O5. The van der Waals surface area contributed by atoms with Crippen molar-refractivity contribution < 1.29 is 24.2 Å². The van der Waals surface area contributed by atoms with Gasteiger partial charge in [-0.25, -0.2) is 4.79 Å². The summed E-state index contributed by atoms with van der Waals surface area (Å²) in [5.41, 5.74) is 5.47. The third kappa shape index (κ3) is 28.9. The van der Waals surface area contributed by atoms with Gasteiger partial charge in [-0.2, -0.15) is 0 Å². The third-order valence-corrected chi connectivity index (χ3v) is 8.32. The fraction of sp³-hybridized carbons (Fsp3) is 0.865. The normalized spacial score (nSPS) is 12.8. The number of hydrogen-bond donors (Lipinski definition) is 3. The van der Waals surface area contributed by atoms with Crippen LogP contribution < -0.4 is 11.1 Å². The van der Waals surface area contributed by atoms with Gasteiger partial charge in [-0.15, -0.1) is 0 Å². The van der Waals surface area contributed by atoms with Crippen LogP contribution in [0.5, 0.6) is 0 Å². The Balaban J connectivity index is 4.38. The molecule has 2 atom stereocenters. The molecule has 0 bridgehead atoms. The maximum atomic E-state index is 12.6. The molecule has 7 nitrogen and oxygen atoms in total. The molecule has 0 aromatic carbocycles. The van der Waals surface area contributed by atoms with Crippen LogP contribution in [0.15, 0.2) is 12.2 Å². The van der Waals surface area contributed by atoms with Crippen LogP contribution in [-0.4, -0.2) is 41.6 Å². The van der Waals surface area contributed by atoms with Crippen LogP contribution in [0.2, 0.25) is 0 Å². The van der Waals surface area contributed by atoms with Crippen molar-refractivity contribution in [2.75, 3.05) is 6.54 Å². The molecule has 2 unspecified atom stereocenters. The Kier molecular flexibility index (Phi) is 31.1. The Bertz CT molecular complexity index is 712. The number of esters is 1. The lowest BCUT2D eigenvalue weighted by molar-refractivity contribution is -0.147. The first-order valence-corrected chi connectivity index (χ1v) is 18.5. The fourth-order valence-electron chi connectivity index (χ4n) is 5.48. The number of carbonyl (C=O) groups excluding carboxylic acids is 2. The van der Waals surface area contributed by atoms with Gasteiger partial charge in [0, 0.05) is 12.8 Å². The number of unbranched alkanes of at least 4 members (excludes halogenated alkanes) is 19. The van der Waals surface area contributed by atoms with Crippen molar-refractivity contribution in [2.45, 2.75) is 199 Å². The lowest BCUT2D eigenvalue weighted by Crippen LogP contribution is -2.40. The molecule has 0 saturated carbocycles. The van der Waals surface area contributed by atoms with E-state index in [0.29, 0.717) is 38.6 Å². The molecule has 1 amide bonds.